The zero-order valence-electron chi connectivity index (χ0n) is 10.8. The summed E-state index contributed by atoms with van der Waals surface area (Å²) in [5, 5.41) is 21.3. The van der Waals surface area contributed by atoms with Gasteiger partial charge in [0.15, 0.2) is 11.5 Å². The van der Waals surface area contributed by atoms with Crippen molar-refractivity contribution in [3.8, 4) is 5.82 Å². The summed E-state index contributed by atoms with van der Waals surface area (Å²) in [6, 6.07) is 2.08. The van der Waals surface area contributed by atoms with Gasteiger partial charge in [-0.15, -0.1) is 5.10 Å². The predicted molar refractivity (Wildman–Crippen MR) is 66.5 cm³/mol. The Labute approximate surface area is 109 Å². The highest BCUT2D eigenvalue weighted by atomic mass is 16.4. The fraction of sp³-hybridized carbons (Fsp3) is 0.500. The van der Waals surface area contributed by atoms with Crippen LogP contribution in [0.15, 0.2) is 12.3 Å². The van der Waals surface area contributed by atoms with Crippen LogP contribution in [0.3, 0.4) is 0 Å². The number of carboxylic acids is 1. The summed E-state index contributed by atoms with van der Waals surface area (Å²) in [6.07, 6.45) is 3.83. The molecule has 7 heteroatoms. The van der Waals surface area contributed by atoms with E-state index in [1.807, 2.05) is 30.8 Å². The molecule has 1 N–H and O–H groups in total. The molecule has 1 aliphatic carbocycles. The van der Waals surface area contributed by atoms with E-state index in [4.69, 9.17) is 5.11 Å². The highest BCUT2D eigenvalue weighted by molar-refractivity contribution is 5.87. The molecular formula is C12H15N5O2. The van der Waals surface area contributed by atoms with Crippen LogP contribution < -0.4 is 0 Å². The largest absolute Gasteiger partial charge is 0.476 e. The van der Waals surface area contributed by atoms with Crippen molar-refractivity contribution in [1.29, 1.82) is 0 Å². The molecule has 1 fully saturated rings. The first-order valence-electron chi connectivity index (χ1n) is 6.32. The third kappa shape index (κ3) is 2.00. The van der Waals surface area contributed by atoms with Crippen LogP contribution in [0.5, 0.6) is 0 Å². The lowest BCUT2D eigenvalue weighted by Gasteiger charge is -2.05. The van der Waals surface area contributed by atoms with Crippen molar-refractivity contribution < 1.29 is 9.90 Å². The number of aromatic nitrogens is 5. The molecule has 0 spiro atoms. The standard InChI is InChI=1S/C12H15N5O2/c1-7(2)16-6-5-9(14-16)17-11(8-3-4-8)10(12(18)19)13-15-17/h5-8H,3-4H2,1-2H3,(H,18,19). The average Bonchev–Trinajstić information content (AvgIpc) is 2.93. The monoisotopic (exact) mass is 261 g/mol. The average molecular weight is 261 g/mol. The van der Waals surface area contributed by atoms with E-state index in [1.54, 1.807) is 4.68 Å². The molecule has 0 aromatic carbocycles. The van der Waals surface area contributed by atoms with E-state index in [2.05, 4.69) is 15.4 Å². The number of carbonyl (C=O) groups is 1. The Morgan fingerprint density at radius 2 is 2.21 bits per heavy atom. The third-order valence-electron chi connectivity index (χ3n) is 3.21. The molecule has 1 aliphatic rings. The van der Waals surface area contributed by atoms with E-state index in [9.17, 15) is 4.79 Å². The first-order chi connectivity index (χ1) is 9.08. The second kappa shape index (κ2) is 4.18. The summed E-state index contributed by atoms with van der Waals surface area (Å²) in [5.74, 6) is -0.169. The number of hydrogen-bond acceptors (Lipinski definition) is 4. The Hall–Kier alpha value is -2.18. The minimum Gasteiger partial charge on any atom is -0.476 e. The van der Waals surface area contributed by atoms with Crippen LogP contribution in [0.2, 0.25) is 0 Å². The van der Waals surface area contributed by atoms with Gasteiger partial charge in [-0.2, -0.15) is 9.78 Å². The van der Waals surface area contributed by atoms with E-state index in [-0.39, 0.29) is 17.7 Å². The Kier molecular flexibility index (Phi) is 2.62. The van der Waals surface area contributed by atoms with Gasteiger partial charge in [0.1, 0.15) is 0 Å². The molecular weight excluding hydrogens is 246 g/mol. The molecule has 1 saturated carbocycles. The molecule has 0 bridgehead atoms. The Bertz CT molecular complexity index is 624. The molecule has 0 saturated heterocycles. The zero-order chi connectivity index (χ0) is 13.6. The van der Waals surface area contributed by atoms with Gasteiger partial charge in [-0.1, -0.05) is 5.21 Å². The van der Waals surface area contributed by atoms with E-state index < -0.39 is 5.97 Å². The number of nitrogens with zero attached hydrogens (tertiary/aromatic N) is 5. The first kappa shape index (κ1) is 11.9. The second-order valence-corrected chi connectivity index (χ2v) is 5.06. The summed E-state index contributed by atoms with van der Waals surface area (Å²) in [6.45, 7) is 4.06. The van der Waals surface area contributed by atoms with Gasteiger partial charge < -0.3 is 5.11 Å². The summed E-state index contributed by atoms with van der Waals surface area (Å²) < 4.78 is 3.37. The van der Waals surface area contributed by atoms with Crippen molar-refractivity contribution in [3.05, 3.63) is 23.7 Å². The molecule has 0 unspecified atom stereocenters. The molecule has 2 aromatic heterocycles. The molecule has 2 aromatic rings. The van der Waals surface area contributed by atoms with Crippen LogP contribution in [0.4, 0.5) is 0 Å². The molecule has 19 heavy (non-hydrogen) atoms. The topological polar surface area (TPSA) is 85.8 Å². The summed E-state index contributed by atoms with van der Waals surface area (Å²) in [7, 11) is 0. The SMILES string of the molecule is CC(C)n1ccc(-n2nnc(C(=O)O)c2C2CC2)n1. The number of hydrogen-bond donors (Lipinski definition) is 1. The van der Waals surface area contributed by atoms with Crippen molar-refractivity contribution in [2.24, 2.45) is 0 Å². The molecule has 0 amide bonds. The molecule has 3 rings (SSSR count). The van der Waals surface area contributed by atoms with Crippen molar-refractivity contribution in [2.45, 2.75) is 38.6 Å². The van der Waals surface area contributed by atoms with Gasteiger partial charge in [0.2, 0.25) is 0 Å². The summed E-state index contributed by atoms with van der Waals surface area (Å²) in [5.41, 5.74) is 0.711. The maximum Gasteiger partial charge on any atom is 0.358 e. The van der Waals surface area contributed by atoms with Crippen LogP contribution in [0.1, 0.15) is 54.8 Å². The van der Waals surface area contributed by atoms with Gasteiger partial charge in [0, 0.05) is 24.2 Å². The molecule has 0 atom stereocenters. The van der Waals surface area contributed by atoms with Crippen LogP contribution >= 0.6 is 0 Å². The van der Waals surface area contributed by atoms with Gasteiger partial charge in [-0.25, -0.2) is 4.79 Å². The maximum atomic E-state index is 11.2. The van der Waals surface area contributed by atoms with E-state index in [0.29, 0.717) is 11.5 Å². The Morgan fingerprint density at radius 3 is 2.74 bits per heavy atom. The van der Waals surface area contributed by atoms with Crippen LogP contribution in [0, 0.1) is 0 Å². The van der Waals surface area contributed by atoms with Crippen LogP contribution in [-0.2, 0) is 0 Å². The van der Waals surface area contributed by atoms with Crippen molar-refractivity contribution in [2.75, 3.05) is 0 Å². The second-order valence-electron chi connectivity index (χ2n) is 5.06. The fourth-order valence-electron chi connectivity index (χ4n) is 2.06. The minimum absolute atomic E-state index is 0.0431. The zero-order valence-corrected chi connectivity index (χ0v) is 10.8. The van der Waals surface area contributed by atoms with Gasteiger partial charge in [-0.3, -0.25) is 4.68 Å². The molecule has 0 radical (unpaired) electrons. The number of aromatic carboxylic acids is 1. The van der Waals surface area contributed by atoms with E-state index >= 15 is 0 Å². The quantitative estimate of drug-likeness (QED) is 0.903. The lowest BCUT2D eigenvalue weighted by Crippen LogP contribution is -2.08. The highest BCUT2D eigenvalue weighted by Gasteiger charge is 2.34. The van der Waals surface area contributed by atoms with E-state index in [0.717, 1.165) is 12.8 Å². The van der Waals surface area contributed by atoms with Crippen LogP contribution in [-0.4, -0.2) is 35.9 Å². The van der Waals surface area contributed by atoms with Crippen molar-refractivity contribution in [1.82, 2.24) is 24.8 Å². The minimum atomic E-state index is -1.03. The number of rotatable bonds is 4. The molecule has 0 aliphatic heterocycles. The highest BCUT2D eigenvalue weighted by Crippen LogP contribution is 2.41. The maximum absolute atomic E-state index is 11.2. The first-order valence-corrected chi connectivity index (χ1v) is 6.32. The Morgan fingerprint density at radius 1 is 1.47 bits per heavy atom. The fourth-order valence-corrected chi connectivity index (χ4v) is 2.06. The van der Waals surface area contributed by atoms with Gasteiger partial charge >= 0.3 is 5.97 Å². The predicted octanol–water partition coefficient (Wildman–Crippen LogP) is 1.62. The van der Waals surface area contributed by atoms with Crippen molar-refractivity contribution >= 4 is 5.97 Å². The van der Waals surface area contributed by atoms with Crippen LogP contribution in [0.25, 0.3) is 5.82 Å². The van der Waals surface area contributed by atoms with Gasteiger partial charge in [0.25, 0.3) is 0 Å². The lowest BCUT2D eigenvalue weighted by molar-refractivity contribution is 0.0689. The van der Waals surface area contributed by atoms with Crippen molar-refractivity contribution in [3.63, 3.8) is 0 Å². The molecule has 100 valence electrons. The van der Waals surface area contributed by atoms with Gasteiger partial charge in [0.05, 0.1) is 5.69 Å². The van der Waals surface area contributed by atoms with E-state index in [1.165, 1.54) is 0 Å². The molecule has 7 nitrogen and oxygen atoms in total. The summed E-state index contributed by atoms with van der Waals surface area (Å²) >= 11 is 0. The smallest absolute Gasteiger partial charge is 0.358 e. The van der Waals surface area contributed by atoms with Gasteiger partial charge in [-0.05, 0) is 26.7 Å². The number of carboxylic acid groups (broad SMARTS) is 1. The molecule has 2 heterocycles. The third-order valence-corrected chi connectivity index (χ3v) is 3.21. The Balaban J connectivity index is 2.06. The normalized spacial score (nSPS) is 15.1. The lowest BCUT2D eigenvalue weighted by atomic mass is 10.2. The summed E-state index contributed by atoms with van der Waals surface area (Å²) in [4.78, 5) is 11.2.